The van der Waals surface area contributed by atoms with Gasteiger partial charge in [0.2, 0.25) is 0 Å². The molecule has 1 aromatic heterocycles. The number of nitrogens with one attached hydrogen (secondary N) is 1. The number of pyridine rings is 1. The summed E-state index contributed by atoms with van der Waals surface area (Å²) in [5.41, 5.74) is 1.74. The van der Waals surface area contributed by atoms with Crippen molar-refractivity contribution in [2.45, 2.75) is 39.7 Å². The molecule has 1 N–H and O–H groups in total. The van der Waals surface area contributed by atoms with E-state index < -0.39 is 0 Å². The first-order valence-corrected chi connectivity index (χ1v) is 5.24. The molecule has 0 spiro atoms. The molecule has 2 rings (SSSR count). The van der Waals surface area contributed by atoms with Gasteiger partial charge in [-0.15, -0.1) is 0 Å². The number of aromatic nitrogens is 1. The molecule has 1 aromatic rings. The predicted molar refractivity (Wildman–Crippen MR) is 59.4 cm³/mol. The molecule has 1 aliphatic rings. The van der Waals surface area contributed by atoms with E-state index in [4.69, 9.17) is 0 Å². The monoisotopic (exact) mass is 190 g/mol. The Morgan fingerprint density at radius 1 is 1.36 bits per heavy atom. The summed E-state index contributed by atoms with van der Waals surface area (Å²) in [6.07, 6.45) is 4.41. The number of anilines is 1. The van der Waals surface area contributed by atoms with Crippen LogP contribution in [0.15, 0.2) is 18.3 Å². The summed E-state index contributed by atoms with van der Waals surface area (Å²) in [5.74, 6) is 1.01. The molecule has 0 aromatic carbocycles. The average Bonchev–Trinajstić information content (AvgIpc) is 2.06. The zero-order valence-electron chi connectivity index (χ0n) is 9.17. The standard InChI is InChI=1S/C12H18N2/c1-9-4-5-11(13-8-9)14-10-6-12(2,3)7-10/h4-5,8,10H,6-7H2,1-3H3,(H,13,14). The number of hydrogen-bond donors (Lipinski definition) is 1. The lowest BCUT2D eigenvalue weighted by atomic mass is 9.68. The molecule has 0 radical (unpaired) electrons. The Balaban J connectivity index is 1.90. The lowest BCUT2D eigenvalue weighted by Gasteiger charge is -2.43. The van der Waals surface area contributed by atoms with Crippen molar-refractivity contribution in [2.24, 2.45) is 5.41 Å². The van der Waals surface area contributed by atoms with E-state index in [9.17, 15) is 0 Å². The molecular weight excluding hydrogens is 172 g/mol. The highest BCUT2D eigenvalue weighted by Crippen LogP contribution is 2.41. The van der Waals surface area contributed by atoms with E-state index in [2.05, 4.69) is 43.2 Å². The van der Waals surface area contributed by atoms with Gasteiger partial charge in [0.1, 0.15) is 5.82 Å². The minimum atomic E-state index is 0.530. The molecule has 1 heterocycles. The smallest absolute Gasteiger partial charge is 0.126 e. The molecule has 1 aliphatic carbocycles. The van der Waals surface area contributed by atoms with Crippen molar-refractivity contribution in [3.05, 3.63) is 23.9 Å². The fourth-order valence-corrected chi connectivity index (χ4v) is 2.14. The first-order chi connectivity index (χ1) is 6.55. The molecule has 0 saturated heterocycles. The van der Waals surface area contributed by atoms with E-state index in [1.54, 1.807) is 0 Å². The van der Waals surface area contributed by atoms with Crippen LogP contribution >= 0.6 is 0 Å². The average molecular weight is 190 g/mol. The summed E-state index contributed by atoms with van der Waals surface area (Å²) in [5, 5.41) is 3.45. The van der Waals surface area contributed by atoms with Crippen molar-refractivity contribution in [1.82, 2.24) is 4.98 Å². The van der Waals surface area contributed by atoms with Crippen molar-refractivity contribution in [3.63, 3.8) is 0 Å². The molecule has 2 nitrogen and oxygen atoms in total. The van der Waals surface area contributed by atoms with Gasteiger partial charge in [-0.3, -0.25) is 0 Å². The molecule has 1 fully saturated rings. The molecule has 76 valence electrons. The molecule has 0 atom stereocenters. The van der Waals surface area contributed by atoms with Gasteiger partial charge in [0, 0.05) is 12.2 Å². The Morgan fingerprint density at radius 3 is 2.57 bits per heavy atom. The van der Waals surface area contributed by atoms with E-state index in [1.807, 2.05) is 6.20 Å². The van der Waals surface area contributed by atoms with Crippen LogP contribution in [0, 0.1) is 12.3 Å². The molecule has 14 heavy (non-hydrogen) atoms. The second kappa shape index (κ2) is 3.26. The van der Waals surface area contributed by atoms with Crippen LogP contribution in [0.1, 0.15) is 32.3 Å². The van der Waals surface area contributed by atoms with Crippen LogP contribution in [0.3, 0.4) is 0 Å². The normalized spacial score (nSPS) is 20.2. The van der Waals surface area contributed by atoms with Crippen LogP contribution in [-0.2, 0) is 0 Å². The predicted octanol–water partition coefficient (Wildman–Crippen LogP) is 2.99. The first kappa shape index (κ1) is 9.50. The Kier molecular flexibility index (Phi) is 2.22. The zero-order valence-corrected chi connectivity index (χ0v) is 9.17. The summed E-state index contributed by atoms with van der Waals surface area (Å²) in [6.45, 7) is 6.69. The second-order valence-electron chi connectivity index (χ2n) is 5.13. The minimum Gasteiger partial charge on any atom is -0.367 e. The highest BCUT2D eigenvalue weighted by atomic mass is 15.0. The highest BCUT2D eigenvalue weighted by Gasteiger charge is 2.35. The quantitative estimate of drug-likeness (QED) is 0.775. The van der Waals surface area contributed by atoms with Gasteiger partial charge in [0.15, 0.2) is 0 Å². The second-order valence-corrected chi connectivity index (χ2v) is 5.13. The van der Waals surface area contributed by atoms with Gasteiger partial charge in [-0.05, 0) is 36.8 Å². The van der Waals surface area contributed by atoms with Crippen molar-refractivity contribution in [3.8, 4) is 0 Å². The Labute approximate surface area is 85.7 Å². The molecule has 0 bridgehead atoms. The van der Waals surface area contributed by atoms with Crippen molar-refractivity contribution >= 4 is 5.82 Å². The van der Waals surface area contributed by atoms with E-state index in [1.165, 1.54) is 18.4 Å². The number of rotatable bonds is 2. The van der Waals surface area contributed by atoms with Crippen LogP contribution in [0.4, 0.5) is 5.82 Å². The van der Waals surface area contributed by atoms with Crippen LogP contribution in [0.2, 0.25) is 0 Å². The SMILES string of the molecule is Cc1ccc(NC2CC(C)(C)C2)nc1. The summed E-state index contributed by atoms with van der Waals surface area (Å²) >= 11 is 0. The number of aryl methyl sites for hydroxylation is 1. The van der Waals surface area contributed by atoms with Crippen LogP contribution in [0.25, 0.3) is 0 Å². The largest absolute Gasteiger partial charge is 0.367 e. The van der Waals surface area contributed by atoms with Gasteiger partial charge in [-0.25, -0.2) is 4.98 Å². The third-order valence-corrected chi connectivity index (χ3v) is 2.86. The Hall–Kier alpha value is -1.05. The summed E-state index contributed by atoms with van der Waals surface area (Å²) in [7, 11) is 0. The summed E-state index contributed by atoms with van der Waals surface area (Å²) < 4.78 is 0. The Morgan fingerprint density at radius 2 is 2.07 bits per heavy atom. The van der Waals surface area contributed by atoms with E-state index in [0.29, 0.717) is 11.5 Å². The van der Waals surface area contributed by atoms with Crippen LogP contribution in [0.5, 0.6) is 0 Å². The van der Waals surface area contributed by atoms with Crippen molar-refractivity contribution < 1.29 is 0 Å². The van der Waals surface area contributed by atoms with Gasteiger partial charge >= 0.3 is 0 Å². The maximum absolute atomic E-state index is 4.34. The number of nitrogens with zero attached hydrogens (tertiary/aromatic N) is 1. The minimum absolute atomic E-state index is 0.530. The fourth-order valence-electron chi connectivity index (χ4n) is 2.14. The highest BCUT2D eigenvalue weighted by molar-refractivity contribution is 5.37. The van der Waals surface area contributed by atoms with Crippen LogP contribution < -0.4 is 5.32 Å². The zero-order chi connectivity index (χ0) is 10.2. The molecular formula is C12H18N2. The van der Waals surface area contributed by atoms with E-state index >= 15 is 0 Å². The van der Waals surface area contributed by atoms with E-state index in [-0.39, 0.29) is 0 Å². The van der Waals surface area contributed by atoms with Crippen molar-refractivity contribution in [2.75, 3.05) is 5.32 Å². The third-order valence-electron chi connectivity index (χ3n) is 2.86. The molecule has 0 unspecified atom stereocenters. The van der Waals surface area contributed by atoms with Crippen molar-refractivity contribution in [1.29, 1.82) is 0 Å². The lowest BCUT2D eigenvalue weighted by molar-refractivity contribution is 0.167. The molecule has 0 amide bonds. The fraction of sp³-hybridized carbons (Fsp3) is 0.583. The van der Waals surface area contributed by atoms with Gasteiger partial charge in [0.25, 0.3) is 0 Å². The number of hydrogen-bond acceptors (Lipinski definition) is 2. The lowest BCUT2D eigenvalue weighted by Crippen LogP contribution is -2.41. The van der Waals surface area contributed by atoms with Crippen LogP contribution in [-0.4, -0.2) is 11.0 Å². The van der Waals surface area contributed by atoms with Gasteiger partial charge in [-0.1, -0.05) is 19.9 Å². The summed E-state index contributed by atoms with van der Waals surface area (Å²) in [4.78, 5) is 4.34. The maximum Gasteiger partial charge on any atom is 0.126 e. The molecule has 1 saturated carbocycles. The van der Waals surface area contributed by atoms with Gasteiger partial charge in [0.05, 0.1) is 0 Å². The molecule has 2 heteroatoms. The Bertz CT molecular complexity index is 306. The van der Waals surface area contributed by atoms with Gasteiger partial charge < -0.3 is 5.32 Å². The maximum atomic E-state index is 4.34. The van der Waals surface area contributed by atoms with Gasteiger partial charge in [-0.2, -0.15) is 0 Å². The molecule has 0 aliphatic heterocycles. The van der Waals surface area contributed by atoms with E-state index in [0.717, 1.165) is 5.82 Å². The summed E-state index contributed by atoms with van der Waals surface area (Å²) in [6, 6.07) is 4.78. The third kappa shape index (κ3) is 2.06. The topological polar surface area (TPSA) is 24.9 Å². The first-order valence-electron chi connectivity index (χ1n) is 5.24.